The molecule has 0 saturated carbocycles. The fourth-order valence-electron chi connectivity index (χ4n) is 2.94. The second kappa shape index (κ2) is 3.12. The number of hydrogen-bond donors (Lipinski definition) is 1. The van der Waals surface area contributed by atoms with E-state index in [2.05, 4.69) is 0 Å². The fourth-order valence-corrected chi connectivity index (χ4v) is 2.94. The van der Waals surface area contributed by atoms with Crippen LogP contribution >= 0.6 is 0 Å². The molecule has 3 heteroatoms. The summed E-state index contributed by atoms with van der Waals surface area (Å²) in [7, 11) is 0. The van der Waals surface area contributed by atoms with Crippen molar-refractivity contribution >= 4 is 5.91 Å². The van der Waals surface area contributed by atoms with Crippen molar-refractivity contribution in [1.82, 2.24) is 4.90 Å². The van der Waals surface area contributed by atoms with Crippen LogP contribution in [-0.2, 0) is 4.79 Å². The Bertz CT molecular complexity index is 392. The molecule has 0 saturated heterocycles. The highest BCUT2D eigenvalue weighted by molar-refractivity contribution is 5.98. The van der Waals surface area contributed by atoms with Gasteiger partial charge in [-0.2, -0.15) is 0 Å². The number of carbonyl (C=O) groups excluding carboxylic acids is 1. The van der Waals surface area contributed by atoms with E-state index >= 15 is 0 Å². The molecule has 1 amide bonds. The van der Waals surface area contributed by atoms with Gasteiger partial charge in [-0.05, 0) is 44.1 Å². The molecule has 0 aromatic rings. The van der Waals surface area contributed by atoms with Crippen LogP contribution in [-0.4, -0.2) is 22.5 Å². The van der Waals surface area contributed by atoms with E-state index in [1.54, 1.807) is 4.90 Å². The molecule has 2 aliphatic heterocycles. The highest BCUT2D eigenvalue weighted by atomic mass is 16.3. The Hall–Kier alpha value is -1.25. The molecule has 80 valence electrons. The zero-order chi connectivity index (χ0) is 10.4. The molecule has 1 aliphatic carbocycles. The predicted molar refractivity (Wildman–Crippen MR) is 56.1 cm³/mol. The standard InChI is InChI=1S/C12H15NO2/c14-11-9-6-3-5-8-4-1-2-7-13(10(8)9)12(11)15/h14H,1-7H2. The second-order valence-corrected chi connectivity index (χ2v) is 4.55. The summed E-state index contributed by atoms with van der Waals surface area (Å²) in [6.07, 6.45) is 6.40. The number of rotatable bonds is 0. The molecule has 3 rings (SSSR count). The number of aliphatic hydroxyl groups is 1. The number of nitrogens with zero attached hydrogens (tertiary/aromatic N) is 1. The largest absolute Gasteiger partial charge is 0.503 e. The number of amides is 1. The zero-order valence-electron chi connectivity index (χ0n) is 8.75. The quantitative estimate of drug-likeness (QED) is 0.659. The Balaban J connectivity index is 2.16. The summed E-state index contributed by atoms with van der Waals surface area (Å²) < 4.78 is 0. The van der Waals surface area contributed by atoms with Crippen LogP contribution in [0.2, 0.25) is 0 Å². The van der Waals surface area contributed by atoms with Crippen molar-refractivity contribution in [2.75, 3.05) is 6.54 Å². The first-order valence-corrected chi connectivity index (χ1v) is 5.75. The van der Waals surface area contributed by atoms with Crippen LogP contribution in [0.4, 0.5) is 0 Å². The molecule has 3 nitrogen and oxygen atoms in total. The molecule has 2 heterocycles. The maximum Gasteiger partial charge on any atom is 0.293 e. The van der Waals surface area contributed by atoms with Gasteiger partial charge in [-0.15, -0.1) is 0 Å². The Morgan fingerprint density at radius 2 is 1.87 bits per heavy atom. The summed E-state index contributed by atoms with van der Waals surface area (Å²) in [5, 5.41) is 9.79. The Labute approximate surface area is 89.1 Å². The van der Waals surface area contributed by atoms with E-state index in [4.69, 9.17) is 0 Å². The van der Waals surface area contributed by atoms with Crippen molar-refractivity contribution in [2.24, 2.45) is 0 Å². The predicted octanol–water partition coefficient (Wildman–Crippen LogP) is 2.26. The van der Waals surface area contributed by atoms with Crippen LogP contribution in [0.15, 0.2) is 22.6 Å². The maximum atomic E-state index is 11.8. The third-order valence-corrected chi connectivity index (χ3v) is 3.64. The minimum Gasteiger partial charge on any atom is -0.503 e. The molecule has 0 atom stereocenters. The molecule has 0 fully saturated rings. The van der Waals surface area contributed by atoms with E-state index < -0.39 is 0 Å². The highest BCUT2D eigenvalue weighted by Gasteiger charge is 2.38. The zero-order valence-corrected chi connectivity index (χ0v) is 8.75. The number of allylic oxidation sites excluding steroid dienone is 2. The summed E-state index contributed by atoms with van der Waals surface area (Å²) >= 11 is 0. The van der Waals surface area contributed by atoms with Gasteiger partial charge < -0.3 is 10.0 Å². The molecule has 0 bridgehead atoms. The molecule has 0 spiro atoms. The molecule has 0 aromatic heterocycles. The van der Waals surface area contributed by atoms with Crippen molar-refractivity contribution in [3.63, 3.8) is 0 Å². The first kappa shape index (κ1) is 9.01. The topological polar surface area (TPSA) is 40.5 Å². The molecular weight excluding hydrogens is 190 g/mol. The van der Waals surface area contributed by atoms with Crippen LogP contribution < -0.4 is 0 Å². The average Bonchev–Trinajstić information content (AvgIpc) is 2.45. The lowest BCUT2D eigenvalue weighted by Gasteiger charge is -2.23. The Kier molecular flexibility index (Phi) is 1.87. The maximum absolute atomic E-state index is 11.8. The minimum absolute atomic E-state index is 0.0177. The van der Waals surface area contributed by atoms with Gasteiger partial charge in [0.05, 0.1) is 5.70 Å². The van der Waals surface area contributed by atoms with Crippen molar-refractivity contribution in [2.45, 2.75) is 38.5 Å². The number of aliphatic hydroxyl groups excluding tert-OH is 1. The van der Waals surface area contributed by atoms with E-state index in [1.165, 1.54) is 12.0 Å². The van der Waals surface area contributed by atoms with Crippen LogP contribution in [0, 0.1) is 0 Å². The summed E-state index contributed by atoms with van der Waals surface area (Å²) in [6.45, 7) is 0.783. The van der Waals surface area contributed by atoms with Gasteiger partial charge in [-0.25, -0.2) is 0 Å². The van der Waals surface area contributed by atoms with Gasteiger partial charge in [0.25, 0.3) is 5.91 Å². The lowest BCUT2D eigenvalue weighted by atomic mass is 9.90. The lowest BCUT2D eigenvalue weighted by Crippen LogP contribution is -2.27. The molecule has 0 unspecified atom stereocenters. The van der Waals surface area contributed by atoms with E-state index in [-0.39, 0.29) is 11.7 Å². The van der Waals surface area contributed by atoms with Gasteiger partial charge in [0.2, 0.25) is 0 Å². The van der Waals surface area contributed by atoms with Gasteiger partial charge in [-0.1, -0.05) is 0 Å². The van der Waals surface area contributed by atoms with Crippen molar-refractivity contribution < 1.29 is 9.90 Å². The van der Waals surface area contributed by atoms with Gasteiger partial charge in [0.15, 0.2) is 5.76 Å². The van der Waals surface area contributed by atoms with Crippen molar-refractivity contribution in [1.29, 1.82) is 0 Å². The normalized spacial score (nSPS) is 25.9. The van der Waals surface area contributed by atoms with Crippen LogP contribution in [0.25, 0.3) is 0 Å². The minimum atomic E-state index is -0.165. The summed E-state index contributed by atoms with van der Waals surface area (Å²) in [5.41, 5.74) is 3.40. The van der Waals surface area contributed by atoms with E-state index in [0.717, 1.165) is 49.9 Å². The smallest absolute Gasteiger partial charge is 0.293 e. The molecule has 3 aliphatic rings. The monoisotopic (exact) mass is 205 g/mol. The van der Waals surface area contributed by atoms with Crippen LogP contribution in [0.1, 0.15) is 38.5 Å². The van der Waals surface area contributed by atoms with Gasteiger partial charge >= 0.3 is 0 Å². The average molecular weight is 205 g/mol. The third-order valence-electron chi connectivity index (χ3n) is 3.64. The van der Waals surface area contributed by atoms with Gasteiger partial charge in [0.1, 0.15) is 0 Å². The first-order valence-electron chi connectivity index (χ1n) is 5.75. The van der Waals surface area contributed by atoms with Crippen LogP contribution in [0.3, 0.4) is 0 Å². The SMILES string of the molecule is O=C1C(O)=C2CCCC3=C2N1CCCC3. The first-order chi connectivity index (χ1) is 7.29. The van der Waals surface area contributed by atoms with Gasteiger partial charge in [-0.3, -0.25) is 4.79 Å². The van der Waals surface area contributed by atoms with E-state index in [0.29, 0.717) is 0 Å². The molecule has 0 radical (unpaired) electrons. The van der Waals surface area contributed by atoms with Crippen molar-refractivity contribution in [3.8, 4) is 0 Å². The van der Waals surface area contributed by atoms with E-state index in [9.17, 15) is 9.90 Å². The number of hydrogen-bond acceptors (Lipinski definition) is 2. The third kappa shape index (κ3) is 1.15. The van der Waals surface area contributed by atoms with Crippen molar-refractivity contribution in [3.05, 3.63) is 22.6 Å². The summed E-state index contributed by atoms with van der Waals surface area (Å²) in [6, 6.07) is 0. The molecule has 1 N–H and O–H groups in total. The number of carbonyl (C=O) groups is 1. The molecule has 15 heavy (non-hydrogen) atoms. The molecular formula is C12H15NO2. The van der Waals surface area contributed by atoms with E-state index in [1.807, 2.05) is 0 Å². The fraction of sp³-hybridized carbons (Fsp3) is 0.583. The molecule has 0 aromatic carbocycles. The Morgan fingerprint density at radius 3 is 2.73 bits per heavy atom. The Morgan fingerprint density at radius 1 is 1.07 bits per heavy atom. The van der Waals surface area contributed by atoms with Crippen LogP contribution in [0.5, 0.6) is 0 Å². The second-order valence-electron chi connectivity index (χ2n) is 4.55. The van der Waals surface area contributed by atoms with Gasteiger partial charge in [0, 0.05) is 12.1 Å². The summed E-state index contributed by atoms with van der Waals surface area (Å²) in [4.78, 5) is 13.6. The lowest BCUT2D eigenvalue weighted by molar-refractivity contribution is -0.126. The summed E-state index contributed by atoms with van der Waals surface area (Å²) in [5.74, 6) is -0.148. The highest BCUT2D eigenvalue weighted by Crippen LogP contribution is 2.42.